The van der Waals surface area contributed by atoms with Gasteiger partial charge in [0.15, 0.2) is 0 Å². The Morgan fingerprint density at radius 1 is 0.950 bits per heavy atom. The minimum Gasteiger partial charge on any atom is -0.286 e. The van der Waals surface area contributed by atoms with E-state index in [4.69, 9.17) is 36.8 Å². The molecular weight excluding hydrogens is 342 g/mol. The topological polar surface area (TPSA) is 44.8 Å². The van der Waals surface area contributed by atoms with E-state index in [-0.39, 0.29) is 31.6 Å². The number of halogens is 2. The highest BCUT2D eigenvalue weighted by Crippen LogP contribution is 2.49. The molecule has 0 radical (unpaired) electrons. The fourth-order valence-corrected chi connectivity index (χ4v) is 3.64. The molecular formula is C12H17Cl2O4PS. The number of thioether (sulfide) groups is 1. The number of phosphoric ester groups is 1. The highest BCUT2D eigenvalue weighted by molar-refractivity contribution is 7.99. The second-order valence-electron chi connectivity index (χ2n) is 3.49. The van der Waals surface area contributed by atoms with Crippen LogP contribution in [-0.4, -0.2) is 37.3 Å². The van der Waals surface area contributed by atoms with Gasteiger partial charge in [-0.15, -0.1) is 35.0 Å². The van der Waals surface area contributed by atoms with Crippen molar-refractivity contribution in [2.45, 2.75) is 4.90 Å². The fraction of sp³-hybridized carbons (Fsp3) is 0.500. The lowest BCUT2D eigenvalue weighted by molar-refractivity contribution is 0.128. The second-order valence-corrected chi connectivity index (χ2v) is 7.08. The van der Waals surface area contributed by atoms with Crippen LogP contribution in [0.2, 0.25) is 0 Å². The molecule has 114 valence electrons. The number of hydrogen-bond donors (Lipinski definition) is 0. The molecule has 0 aliphatic heterocycles. The third-order valence-electron chi connectivity index (χ3n) is 2.00. The van der Waals surface area contributed by atoms with Crippen LogP contribution in [-0.2, 0) is 18.1 Å². The van der Waals surface area contributed by atoms with Gasteiger partial charge in [0.1, 0.15) is 0 Å². The molecule has 1 aromatic rings. The second kappa shape index (κ2) is 10.9. The number of hydrogen-bond acceptors (Lipinski definition) is 5. The van der Waals surface area contributed by atoms with Crippen LogP contribution in [0.4, 0.5) is 0 Å². The smallest absolute Gasteiger partial charge is 0.286 e. The molecule has 4 nitrogen and oxygen atoms in total. The molecule has 20 heavy (non-hydrogen) atoms. The summed E-state index contributed by atoms with van der Waals surface area (Å²) in [5.74, 6) is 1.08. The van der Waals surface area contributed by atoms with Crippen LogP contribution in [0.5, 0.6) is 0 Å². The summed E-state index contributed by atoms with van der Waals surface area (Å²) in [7, 11) is -3.56. The summed E-state index contributed by atoms with van der Waals surface area (Å²) in [5, 5.41) is 0. The Hall–Kier alpha value is 0.260. The van der Waals surface area contributed by atoms with E-state index < -0.39 is 7.82 Å². The third-order valence-corrected chi connectivity index (χ3v) is 4.78. The van der Waals surface area contributed by atoms with Gasteiger partial charge in [-0.25, -0.2) is 4.57 Å². The van der Waals surface area contributed by atoms with E-state index in [9.17, 15) is 4.57 Å². The van der Waals surface area contributed by atoms with Crippen LogP contribution in [0.25, 0.3) is 0 Å². The van der Waals surface area contributed by atoms with Crippen molar-refractivity contribution in [3.05, 3.63) is 30.3 Å². The SMILES string of the molecule is O=P(OCCCl)(OCCCl)OCCSc1ccccc1. The molecule has 0 atom stereocenters. The number of rotatable bonds is 11. The Kier molecular flexibility index (Phi) is 9.99. The minimum absolute atomic E-state index is 0.104. The molecule has 0 heterocycles. The lowest BCUT2D eigenvalue weighted by Gasteiger charge is -2.16. The lowest BCUT2D eigenvalue weighted by Crippen LogP contribution is -2.06. The zero-order valence-electron chi connectivity index (χ0n) is 10.9. The van der Waals surface area contributed by atoms with E-state index in [0.29, 0.717) is 5.75 Å². The molecule has 0 fully saturated rings. The van der Waals surface area contributed by atoms with Gasteiger partial charge < -0.3 is 0 Å². The summed E-state index contributed by atoms with van der Waals surface area (Å²) in [6, 6.07) is 9.87. The summed E-state index contributed by atoms with van der Waals surface area (Å²) in [4.78, 5) is 1.12. The maximum atomic E-state index is 12.1. The normalized spacial score (nSPS) is 11.7. The molecule has 1 rings (SSSR count). The maximum Gasteiger partial charge on any atom is 0.474 e. The number of phosphoric acid groups is 1. The molecule has 0 N–H and O–H groups in total. The van der Waals surface area contributed by atoms with Gasteiger partial charge in [-0.05, 0) is 12.1 Å². The first-order valence-electron chi connectivity index (χ1n) is 6.03. The van der Waals surface area contributed by atoms with Crippen molar-refractivity contribution >= 4 is 42.8 Å². The molecule has 0 aliphatic rings. The molecule has 0 aromatic heterocycles. The summed E-state index contributed by atoms with van der Waals surface area (Å²) >= 11 is 12.6. The van der Waals surface area contributed by atoms with Gasteiger partial charge in [-0.1, -0.05) is 18.2 Å². The van der Waals surface area contributed by atoms with Gasteiger partial charge in [0, 0.05) is 22.4 Å². The van der Waals surface area contributed by atoms with Gasteiger partial charge in [-0.3, -0.25) is 13.6 Å². The first-order chi connectivity index (χ1) is 9.70. The van der Waals surface area contributed by atoms with Crippen LogP contribution in [0.3, 0.4) is 0 Å². The molecule has 0 spiro atoms. The van der Waals surface area contributed by atoms with Gasteiger partial charge in [0.05, 0.1) is 19.8 Å². The summed E-state index contributed by atoms with van der Waals surface area (Å²) < 4.78 is 27.5. The molecule has 0 aliphatic carbocycles. The summed E-state index contributed by atoms with van der Waals surface area (Å²) in [6.07, 6.45) is 0. The number of alkyl halides is 2. The van der Waals surface area contributed by atoms with Crippen LogP contribution in [0.1, 0.15) is 0 Å². The van der Waals surface area contributed by atoms with E-state index in [2.05, 4.69) is 0 Å². The molecule has 0 amide bonds. The number of benzene rings is 1. The van der Waals surface area contributed by atoms with E-state index in [1.807, 2.05) is 30.3 Å². The van der Waals surface area contributed by atoms with Gasteiger partial charge in [0.2, 0.25) is 0 Å². The molecule has 0 bridgehead atoms. The van der Waals surface area contributed by atoms with Crippen molar-refractivity contribution in [2.24, 2.45) is 0 Å². The summed E-state index contributed by atoms with van der Waals surface area (Å²) in [5.41, 5.74) is 0. The zero-order chi connectivity index (χ0) is 14.7. The Morgan fingerprint density at radius 3 is 2.05 bits per heavy atom. The van der Waals surface area contributed by atoms with E-state index >= 15 is 0 Å². The third kappa shape index (κ3) is 7.89. The Labute approximate surface area is 133 Å². The highest BCUT2D eigenvalue weighted by Gasteiger charge is 2.25. The van der Waals surface area contributed by atoms with Gasteiger partial charge in [0.25, 0.3) is 0 Å². The standard InChI is InChI=1S/C12H17Cl2O4PS/c13-6-8-16-19(15,17-9-7-14)18-10-11-20-12-4-2-1-3-5-12/h1-5H,6-11H2. The molecule has 0 unspecified atom stereocenters. The maximum absolute atomic E-state index is 12.1. The minimum atomic E-state index is -3.56. The highest BCUT2D eigenvalue weighted by atomic mass is 35.5. The Balaban J connectivity index is 2.32. The van der Waals surface area contributed by atoms with Crippen molar-refractivity contribution in [1.29, 1.82) is 0 Å². The first-order valence-corrected chi connectivity index (χ1v) is 9.55. The van der Waals surface area contributed by atoms with Crippen LogP contribution in [0, 0.1) is 0 Å². The largest absolute Gasteiger partial charge is 0.474 e. The average molecular weight is 359 g/mol. The van der Waals surface area contributed by atoms with Gasteiger partial charge >= 0.3 is 7.82 Å². The van der Waals surface area contributed by atoms with Crippen LogP contribution >= 0.6 is 42.8 Å². The monoisotopic (exact) mass is 358 g/mol. The predicted molar refractivity (Wildman–Crippen MR) is 84.1 cm³/mol. The van der Waals surface area contributed by atoms with Crippen LogP contribution < -0.4 is 0 Å². The van der Waals surface area contributed by atoms with Crippen molar-refractivity contribution in [3.63, 3.8) is 0 Å². The predicted octanol–water partition coefficient (Wildman–Crippen LogP) is 4.41. The molecule has 0 saturated heterocycles. The molecule has 0 saturated carbocycles. The Bertz CT molecular complexity index is 396. The van der Waals surface area contributed by atoms with E-state index in [1.54, 1.807) is 11.8 Å². The van der Waals surface area contributed by atoms with Crippen molar-refractivity contribution in [1.82, 2.24) is 0 Å². The fourth-order valence-electron chi connectivity index (χ4n) is 1.23. The quantitative estimate of drug-likeness (QED) is 0.253. The van der Waals surface area contributed by atoms with Gasteiger partial charge in [-0.2, -0.15) is 0 Å². The van der Waals surface area contributed by atoms with E-state index in [0.717, 1.165) is 4.90 Å². The lowest BCUT2D eigenvalue weighted by atomic mass is 10.4. The zero-order valence-corrected chi connectivity index (χ0v) is 14.1. The summed E-state index contributed by atoms with van der Waals surface area (Å²) in [6.45, 7) is 0.460. The van der Waals surface area contributed by atoms with Crippen molar-refractivity contribution < 1.29 is 18.1 Å². The first kappa shape index (κ1) is 18.3. The van der Waals surface area contributed by atoms with Crippen molar-refractivity contribution in [2.75, 3.05) is 37.3 Å². The molecule has 8 heteroatoms. The van der Waals surface area contributed by atoms with Crippen molar-refractivity contribution in [3.8, 4) is 0 Å². The molecule has 1 aromatic carbocycles. The average Bonchev–Trinajstić information content (AvgIpc) is 2.49. The Morgan fingerprint density at radius 2 is 1.50 bits per heavy atom. The van der Waals surface area contributed by atoms with E-state index in [1.165, 1.54) is 0 Å². The van der Waals surface area contributed by atoms with Crippen LogP contribution in [0.15, 0.2) is 35.2 Å².